The standard InChI is InChI=1S/C24H19NO5S/c26-20-21(30-24(27)25-16-17-10-4-1-5-11-17)23(19-14-8-3-9-15-19)31(28,29)22(20)18-12-6-2-7-13-18/h1-15,22H,16H2,(H,25,27). The van der Waals surface area contributed by atoms with Crippen molar-refractivity contribution in [1.82, 2.24) is 5.32 Å². The molecule has 1 unspecified atom stereocenters. The molecule has 1 aliphatic heterocycles. The van der Waals surface area contributed by atoms with Crippen LogP contribution in [0.5, 0.6) is 0 Å². The largest absolute Gasteiger partial charge is 0.413 e. The van der Waals surface area contributed by atoms with E-state index < -0.39 is 32.7 Å². The number of hydrogen-bond acceptors (Lipinski definition) is 5. The zero-order chi connectivity index (χ0) is 21.8. The molecule has 3 aromatic carbocycles. The van der Waals surface area contributed by atoms with E-state index in [9.17, 15) is 18.0 Å². The first kappa shape index (κ1) is 20.6. The Hall–Kier alpha value is -3.71. The zero-order valence-electron chi connectivity index (χ0n) is 16.4. The van der Waals surface area contributed by atoms with Crippen LogP contribution in [0.3, 0.4) is 0 Å². The second-order valence-electron chi connectivity index (χ2n) is 6.95. The van der Waals surface area contributed by atoms with Gasteiger partial charge in [0.05, 0.1) is 0 Å². The number of amides is 1. The van der Waals surface area contributed by atoms with Crippen LogP contribution in [0.4, 0.5) is 4.79 Å². The molecule has 4 rings (SSSR count). The van der Waals surface area contributed by atoms with E-state index in [1.54, 1.807) is 60.7 Å². The first-order chi connectivity index (χ1) is 15.0. The molecule has 0 fully saturated rings. The van der Waals surface area contributed by atoms with E-state index in [-0.39, 0.29) is 11.4 Å². The van der Waals surface area contributed by atoms with Crippen molar-refractivity contribution in [3.05, 3.63) is 113 Å². The Labute approximate surface area is 180 Å². The number of ketones is 1. The molecule has 0 spiro atoms. The van der Waals surface area contributed by atoms with Crippen LogP contribution in [0.1, 0.15) is 21.9 Å². The van der Waals surface area contributed by atoms with Crippen LogP contribution in [0.15, 0.2) is 96.8 Å². The van der Waals surface area contributed by atoms with Gasteiger partial charge in [-0.3, -0.25) is 4.79 Å². The van der Waals surface area contributed by atoms with E-state index >= 15 is 0 Å². The van der Waals surface area contributed by atoms with Gasteiger partial charge in [0.2, 0.25) is 5.78 Å². The molecule has 156 valence electrons. The number of alkyl carbamates (subject to hydrolysis) is 1. The van der Waals surface area contributed by atoms with Gasteiger partial charge in [-0.1, -0.05) is 91.0 Å². The van der Waals surface area contributed by atoms with E-state index in [2.05, 4.69) is 5.32 Å². The zero-order valence-corrected chi connectivity index (χ0v) is 17.2. The average Bonchev–Trinajstić information content (AvgIpc) is 2.98. The van der Waals surface area contributed by atoms with E-state index in [0.717, 1.165) is 5.56 Å². The number of rotatable bonds is 5. The number of carbonyl (C=O) groups is 2. The van der Waals surface area contributed by atoms with Crippen molar-refractivity contribution in [2.45, 2.75) is 11.8 Å². The highest BCUT2D eigenvalue weighted by atomic mass is 32.2. The predicted molar refractivity (Wildman–Crippen MR) is 116 cm³/mol. The lowest BCUT2D eigenvalue weighted by Gasteiger charge is -2.10. The third-order valence-corrected chi connectivity index (χ3v) is 6.97. The molecular formula is C24H19NO5S. The number of Topliss-reactive ketones (excluding diaryl/α,β-unsaturated/α-hetero) is 1. The molecule has 0 saturated carbocycles. The van der Waals surface area contributed by atoms with E-state index in [1.807, 2.05) is 30.3 Å². The number of benzene rings is 3. The van der Waals surface area contributed by atoms with Gasteiger partial charge in [0.15, 0.2) is 20.8 Å². The van der Waals surface area contributed by atoms with Gasteiger partial charge < -0.3 is 10.1 Å². The number of ether oxygens (including phenoxy) is 1. The summed E-state index contributed by atoms with van der Waals surface area (Å²) in [5.41, 5.74) is 1.45. The summed E-state index contributed by atoms with van der Waals surface area (Å²) in [4.78, 5) is 25.3. The molecule has 0 saturated heterocycles. The van der Waals surface area contributed by atoms with Crippen molar-refractivity contribution in [2.75, 3.05) is 0 Å². The van der Waals surface area contributed by atoms with E-state index in [0.29, 0.717) is 11.1 Å². The first-order valence-electron chi connectivity index (χ1n) is 9.61. The molecule has 0 aliphatic carbocycles. The van der Waals surface area contributed by atoms with Gasteiger partial charge in [-0.05, 0) is 16.7 Å². The Bertz CT molecular complexity index is 1240. The minimum Gasteiger partial charge on any atom is -0.405 e. The SMILES string of the molecule is O=C(NCc1ccccc1)OC1=C(c2ccccc2)S(=O)(=O)C(c2ccccc2)C1=O. The van der Waals surface area contributed by atoms with Crippen molar-refractivity contribution in [3.8, 4) is 0 Å². The fraction of sp³-hybridized carbons (Fsp3) is 0.0833. The van der Waals surface area contributed by atoms with Gasteiger partial charge in [0.25, 0.3) is 0 Å². The smallest absolute Gasteiger partial charge is 0.405 e. The van der Waals surface area contributed by atoms with Crippen molar-refractivity contribution in [2.24, 2.45) is 0 Å². The van der Waals surface area contributed by atoms with Crippen molar-refractivity contribution in [3.63, 3.8) is 0 Å². The summed E-state index contributed by atoms with van der Waals surface area (Å²) < 4.78 is 32.1. The summed E-state index contributed by atoms with van der Waals surface area (Å²) in [7, 11) is -4.12. The lowest BCUT2D eigenvalue weighted by Crippen LogP contribution is -2.25. The summed E-state index contributed by atoms with van der Waals surface area (Å²) >= 11 is 0. The highest BCUT2D eigenvalue weighted by molar-refractivity contribution is 8.02. The molecule has 0 bridgehead atoms. The van der Waals surface area contributed by atoms with Gasteiger partial charge in [-0.25, -0.2) is 13.2 Å². The maximum Gasteiger partial charge on any atom is 0.413 e. The Morgan fingerprint density at radius 1 is 0.839 bits per heavy atom. The van der Waals surface area contributed by atoms with E-state index in [4.69, 9.17) is 4.74 Å². The van der Waals surface area contributed by atoms with Crippen LogP contribution in [0, 0.1) is 0 Å². The van der Waals surface area contributed by atoms with Gasteiger partial charge in [-0.2, -0.15) is 0 Å². The van der Waals surface area contributed by atoms with Crippen LogP contribution in [0.25, 0.3) is 4.91 Å². The third kappa shape index (κ3) is 4.13. The molecule has 1 atom stereocenters. The molecule has 1 heterocycles. The Morgan fingerprint density at radius 2 is 1.39 bits per heavy atom. The highest BCUT2D eigenvalue weighted by Gasteiger charge is 2.50. The minimum atomic E-state index is -4.12. The van der Waals surface area contributed by atoms with Gasteiger partial charge in [-0.15, -0.1) is 0 Å². The van der Waals surface area contributed by atoms with Crippen LogP contribution < -0.4 is 5.32 Å². The second kappa shape index (κ2) is 8.57. The number of allylic oxidation sites excluding steroid dienone is 1. The minimum absolute atomic E-state index is 0.177. The summed E-state index contributed by atoms with van der Waals surface area (Å²) in [5, 5.41) is 1.10. The molecule has 1 N–H and O–H groups in total. The lowest BCUT2D eigenvalue weighted by molar-refractivity contribution is -0.117. The van der Waals surface area contributed by atoms with Crippen LogP contribution in [-0.2, 0) is 25.9 Å². The van der Waals surface area contributed by atoms with Crippen LogP contribution >= 0.6 is 0 Å². The summed E-state index contributed by atoms with van der Waals surface area (Å²) in [6.45, 7) is 0.177. The molecule has 7 heteroatoms. The summed E-state index contributed by atoms with van der Waals surface area (Å²) in [5.74, 6) is -1.23. The fourth-order valence-corrected chi connectivity index (χ4v) is 5.46. The van der Waals surface area contributed by atoms with E-state index in [1.165, 1.54) is 0 Å². The Morgan fingerprint density at radius 3 is 2.00 bits per heavy atom. The average molecular weight is 433 g/mol. The lowest BCUT2D eigenvalue weighted by atomic mass is 10.1. The Balaban J connectivity index is 1.69. The third-order valence-electron chi connectivity index (χ3n) is 4.88. The highest BCUT2D eigenvalue weighted by Crippen LogP contribution is 2.44. The first-order valence-corrected chi connectivity index (χ1v) is 11.2. The maximum absolute atomic E-state index is 13.4. The maximum atomic E-state index is 13.4. The molecule has 0 aromatic heterocycles. The van der Waals surface area contributed by atoms with Gasteiger partial charge >= 0.3 is 6.09 Å². The van der Waals surface area contributed by atoms with Crippen LogP contribution in [-0.4, -0.2) is 20.3 Å². The number of nitrogens with one attached hydrogen (secondary N) is 1. The number of carbonyl (C=O) groups excluding carboxylic acids is 2. The summed E-state index contributed by atoms with van der Waals surface area (Å²) in [6, 6.07) is 25.5. The van der Waals surface area contributed by atoms with Crippen molar-refractivity contribution < 1.29 is 22.7 Å². The molecular weight excluding hydrogens is 414 g/mol. The summed E-state index contributed by atoms with van der Waals surface area (Å²) in [6.07, 6.45) is -0.899. The van der Waals surface area contributed by atoms with Crippen LogP contribution in [0.2, 0.25) is 0 Å². The quantitative estimate of drug-likeness (QED) is 0.656. The molecule has 3 aromatic rings. The van der Waals surface area contributed by atoms with Crippen molar-refractivity contribution in [1.29, 1.82) is 0 Å². The number of hydrogen-bond donors (Lipinski definition) is 1. The van der Waals surface area contributed by atoms with Crippen molar-refractivity contribution >= 4 is 26.6 Å². The van der Waals surface area contributed by atoms with Gasteiger partial charge in [0.1, 0.15) is 4.91 Å². The molecule has 1 amide bonds. The normalized spacial score (nSPS) is 17.4. The molecule has 0 radical (unpaired) electrons. The number of sulfone groups is 1. The molecule has 6 nitrogen and oxygen atoms in total. The second-order valence-corrected chi connectivity index (χ2v) is 8.92. The van der Waals surface area contributed by atoms with Gasteiger partial charge in [0, 0.05) is 6.54 Å². The predicted octanol–water partition coefficient (Wildman–Crippen LogP) is 4.02. The fourth-order valence-electron chi connectivity index (χ4n) is 3.46. The Kier molecular flexibility index (Phi) is 5.68. The molecule has 1 aliphatic rings. The topological polar surface area (TPSA) is 89.5 Å². The monoisotopic (exact) mass is 433 g/mol. The molecule has 31 heavy (non-hydrogen) atoms.